The molecular weight excluding hydrogens is 289 g/mol. The predicted molar refractivity (Wildman–Crippen MR) is 69.3 cm³/mol. The fourth-order valence-corrected chi connectivity index (χ4v) is 3.61. The number of nitrogens with zero attached hydrogens (tertiary/aromatic N) is 2. The largest absolute Gasteiger partial charge is 0.312 e. The lowest BCUT2D eigenvalue weighted by molar-refractivity contribution is -0.387. The van der Waals surface area contributed by atoms with Gasteiger partial charge in [-0.1, -0.05) is 0 Å². The Bertz CT molecular complexity index is 635. The maximum atomic E-state index is 13.3. The second-order valence-corrected chi connectivity index (χ2v) is 6.53. The van der Waals surface area contributed by atoms with Gasteiger partial charge < -0.3 is 5.32 Å². The van der Waals surface area contributed by atoms with Crippen LogP contribution in [-0.2, 0) is 10.0 Å². The number of halogens is 1. The van der Waals surface area contributed by atoms with Gasteiger partial charge in [-0.05, 0) is 19.1 Å². The number of nitrogens with one attached hydrogen (secondary N) is 1. The van der Waals surface area contributed by atoms with E-state index in [0.29, 0.717) is 6.54 Å². The molecule has 0 aromatic heterocycles. The Morgan fingerprint density at radius 3 is 2.80 bits per heavy atom. The molecule has 1 heterocycles. The Hall–Kier alpha value is -1.58. The molecule has 110 valence electrons. The fraction of sp³-hybridized carbons (Fsp3) is 0.455. The highest BCUT2D eigenvalue weighted by atomic mass is 32.2. The SMILES string of the molecule is CC1CN(S(=O)(=O)c2ccc(F)c([N+](=O)[O-])c2)CCN1. The van der Waals surface area contributed by atoms with E-state index in [1.807, 2.05) is 6.92 Å². The molecule has 1 N–H and O–H groups in total. The van der Waals surface area contributed by atoms with Gasteiger partial charge in [-0.25, -0.2) is 8.42 Å². The highest BCUT2D eigenvalue weighted by molar-refractivity contribution is 7.89. The summed E-state index contributed by atoms with van der Waals surface area (Å²) in [6.45, 7) is 2.89. The van der Waals surface area contributed by atoms with E-state index in [1.54, 1.807) is 0 Å². The molecule has 1 aromatic carbocycles. The van der Waals surface area contributed by atoms with Gasteiger partial charge in [0.05, 0.1) is 9.82 Å². The topological polar surface area (TPSA) is 92.5 Å². The Kier molecular flexibility index (Phi) is 4.02. The van der Waals surface area contributed by atoms with Crippen LogP contribution in [0.25, 0.3) is 0 Å². The molecule has 0 bridgehead atoms. The molecule has 1 saturated heterocycles. The monoisotopic (exact) mass is 303 g/mol. The van der Waals surface area contributed by atoms with Crippen molar-refractivity contribution in [3.63, 3.8) is 0 Å². The van der Waals surface area contributed by atoms with Gasteiger partial charge in [-0.3, -0.25) is 10.1 Å². The zero-order chi connectivity index (χ0) is 14.9. The second kappa shape index (κ2) is 5.43. The summed E-state index contributed by atoms with van der Waals surface area (Å²) < 4.78 is 39.2. The average Bonchev–Trinajstić information content (AvgIpc) is 2.38. The average molecular weight is 303 g/mol. The molecule has 20 heavy (non-hydrogen) atoms. The maximum absolute atomic E-state index is 13.3. The van der Waals surface area contributed by atoms with Crippen molar-refractivity contribution in [3.8, 4) is 0 Å². The van der Waals surface area contributed by atoms with Crippen molar-refractivity contribution < 1.29 is 17.7 Å². The molecule has 1 aromatic rings. The minimum absolute atomic E-state index is 0.00559. The van der Waals surface area contributed by atoms with Crippen molar-refractivity contribution in [1.82, 2.24) is 9.62 Å². The van der Waals surface area contributed by atoms with E-state index < -0.39 is 26.5 Å². The van der Waals surface area contributed by atoms with Crippen molar-refractivity contribution in [3.05, 3.63) is 34.1 Å². The first kappa shape index (κ1) is 14.8. The number of hydrogen-bond acceptors (Lipinski definition) is 5. The summed E-state index contributed by atoms with van der Waals surface area (Å²) in [6.07, 6.45) is 0. The molecule has 0 spiro atoms. The van der Waals surface area contributed by atoms with Crippen molar-refractivity contribution in [1.29, 1.82) is 0 Å². The van der Waals surface area contributed by atoms with Gasteiger partial charge in [-0.2, -0.15) is 8.70 Å². The lowest BCUT2D eigenvalue weighted by Crippen LogP contribution is -2.51. The Labute approximate surface area is 115 Å². The van der Waals surface area contributed by atoms with Crippen molar-refractivity contribution in [2.45, 2.75) is 17.9 Å². The molecule has 7 nitrogen and oxygen atoms in total. The van der Waals surface area contributed by atoms with E-state index >= 15 is 0 Å². The number of rotatable bonds is 3. The molecule has 1 fully saturated rings. The minimum atomic E-state index is -3.85. The van der Waals surface area contributed by atoms with Crippen LogP contribution in [0.1, 0.15) is 6.92 Å². The number of piperazine rings is 1. The lowest BCUT2D eigenvalue weighted by atomic mass is 10.3. The molecule has 0 radical (unpaired) electrons. The molecule has 2 rings (SSSR count). The zero-order valence-corrected chi connectivity index (χ0v) is 11.6. The summed E-state index contributed by atoms with van der Waals surface area (Å²) >= 11 is 0. The standard InChI is InChI=1S/C11H14FN3O4S/c1-8-7-14(5-4-13-8)20(18,19)9-2-3-10(12)11(6-9)15(16)17/h2-3,6,8,13H,4-5,7H2,1H3. The van der Waals surface area contributed by atoms with E-state index in [-0.39, 0.29) is 24.0 Å². The molecule has 9 heteroatoms. The van der Waals surface area contributed by atoms with Crippen LogP contribution < -0.4 is 5.32 Å². The second-order valence-electron chi connectivity index (χ2n) is 4.59. The first-order valence-electron chi connectivity index (χ1n) is 6.00. The molecule has 1 unspecified atom stereocenters. The van der Waals surface area contributed by atoms with Crippen LogP contribution in [0.3, 0.4) is 0 Å². The number of sulfonamides is 1. The Balaban J connectivity index is 2.39. The molecule has 0 saturated carbocycles. The third-order valence-electron chi connectivity index (χ3n) is 3.08. The van der Waals surface area contributed by atoms with Gasteiger partial charge in [0.2, 0.25) is 15.8 Å². The predicted octanol–water partition coefficient (Wildman–Crippen LogP) is 0.716. The van der Waals surface area contributed by atoms with Gasteiger partial charge in [0, 0.05) is 31.7 Å². The van der Waals surface area contributed by atoms with E-state index in [9.17, 15) is 22.9 Å². The summed E-state index contributed by atoms with van der Waals surface area (Å²) in [5.74, 6) is -1.05. The summed E-state index contributed by atoms with van der Waals surface area (Å²) in [7, 11) is -3.85. The van der Waals surface area contributed by atoms with Crippen LogP contribution in [0.2, 0.25) is 0 Å². The number of nitro benzene ring substituents is 1. The maximum Gasteiger partial charge on any atom is 0.306 e. The van der Waals surface area contributed by atoms with Crippen molar-refractivity contribution in [2.75, 3.05) is 19.6 Å². The van der Waals surface area contributed by atoms with Gasteiger partial charge in [0.1, 0.15) is 0 Å². The molecule has 0 amide bonds. The van der Waals surface area contributed by atoms with Crippen LogP contribution in [0.15, 0.2) is 23.1 Å². The lowest BCUT2D eigenvalue weighted by Gasteiger charge is -2.30. The molecule has 1 atom stereocenters. The van der Waals surface area contributed by atoms with Gasteiger partial charge >= 0.3 is 5.69 Å². The third kappa shape index (κ3) is 2.79. The minimum Gasteiger partial charge on any atom is -0.312 e. The summed E-state index contributed by atoms with van der Waals surface area (Å²) in [5, 5.41) is 13.8. The molecule has 1 aliphatic heterocycles. The molecular formula is C11H14FN3O4S. The zero-order valence-electron chi connectivity index (χ0n) is 10.7. The van der Waals surface area contributed by atoms with Crippen molar-refractivity contribution >= 4 is 15.7 Å². The van der Waals surface area contributed by atoms with Crippen molar-refractivity contribution in [2.24, 2.45) is 0 Å². The van der Waals surface area contributed by atoms with Crippen LogP contribution >= 0.6 is 0 Å². The number of hydrogen-bond donors (Lipinski definition) is 1. The van der Waals surface area contributed by atoms with E-state index in [2.05, 4.69) is 5.32 Å². The summed E-state index contributed by atoms with van der Waals surface area (Å²) in [4.78, 5) is 9.48. The summed E-state index contributed by atoms with van der Waals surface area (Å²) in [6, 6.07) is 2.60. The van der Waals surface area contributed by atoms with Gasteiger partial charge in [0.15, 0.2) is 0 Å². The highest BCUT2D eigenvalue weighted by Crippen LogP contribution is 2.24. The van der Waals surface area contributed by atoms with Gasteiger partial charge in [0.25, 0.3) is 0 Å². The first-order chi connectivity index (χ1) is 9.32. The smallest absolute Gasteiger partial charge is 0.306 e. The first-order valence-corrected chi connectivity index (χ1v) is 7.44. The van der Waals surface area contributed by atoms with Crippen LogP contribution in [0, 0.1) is 15.9 Å². The van der Waals surface area contributed by atoms with E-state index in [1.165, 1.54) is 4.31 Å². The number of benzene rings is 1. The number of nitro groups is 1. The van der Waals surface area contributed by atoms with Crippen LogP contribution in [0.5, 0.6) is 0 Å². The fourth-order valence-electron chi connectivity index (χ4n) is 2.06. The quantitative estimate of drug-likeness (QED) is 0.656. The van der Waals surface area contributed by atoms with Crippen LogP contribution in [-0.4, -0.2) is 43.3 Å². The molecule has 1 aliphatic rings. The summed E-state index contributed by atoms with van der Waals surface area (Å²) in [5.41, 5.74) is -0.839. The Morgan fingerprint density at radius 1 is 1.50 bits per heavy atom. The van der Waals surface area contributed by atoms with E-state index in [4.69, 9.17) is 0 Å². The normalized spacial score (nSPS) is 20.8. The highest BCUT2D eigenvalue weighted by Gasteiger charge is 2.30. The Morgan fingerprint density at radius 2 is 2.20 bits per heavy atom. The van der Waals surface area contributed by atoms with Crippen LogP contribution in [0.4, 0.5) is 10.1 Å². The van der Waals surface area contributed by atoms with Gasteiger partial charge in [-0.15, -0.1) is 0 Å². The third-order valence-corrected chi connectivity index (χ3v) is 4.94. The molecule has 0 aliphatic carbocycles. The van der Waals surface area contributed by atoms with E-state index in [0.717, 1.165) is 18.2 Å².